The van der Waals surface area contributed by atoms with Crippen LogP contribution in [0.1, 0.15) is 26.2 Å². The molecular formula is C13H19N3S. The molecule has 17 heavy (non-hydrogen) atoms. The van der Waals surface area contributed by atoms with Crippen molar-refractivity contribution in [3.63, 3.8) is 0 Å². The van der Waals surface area contributed by atoms with E-state index in [2.05, 4.69) is 23.3 Å². The van der Waals surface area contributed by atoms with Crippen molar-refractivity contribution in [1.29, 1.82) is 5.26 Å². The van der Waals surface area contributed by atoms with Crippen LogP contribution in [0.25, 0.3) is 0 Å². The van der Waals surface area contributed by atoms with Gasteiger partial charge < -0.3 is 5.32 Å². The van der Waals surface area contributed by atoms with Crippen molar-refractivity contribution in [3.8, 4) is 6.07 Å². The second kappa shape index (κ2) is 7.31. The van der Waals surface area contributed by atoms with E-state index < -0.39 is 0 Å². The van der Waals surface area contributed by atoms with Gasteiger partial charge in [-0.3, -0.25) is 4.98 Å². The molecule has 0 saturated carbocycles. The third kappa shape index (κ3) is 4.37. The van der Waals surface area contributed by atoms with Gasteiger partial charge in [-0.05, 0) is 44.2 Å². The highest BCUT2D eigenvalue weighted by Gasteiger charge is 2.24. The van der Waals surface area contributed by atoms with Gasteiger partial charge in [-0.1, -0.05) is 6.92 Å². The Kier molecular flexibility index (Phi) is 6.03. The predicted octanol–water partition coefficient (Wildman–Crippen LogP) is 2.85. The summed E-state index contributed by atoms with van der Waals surface area (Å²) in [5.41, 5.74) is -0.348. The van der Waals surface area contributed by atoms with Gasteiger partial charge in [-0.25, -0.2) is 0 Å². The molecule has 1 rings (SSSR count). The Morgan fingerprint density at radius 3 is 2.71 bits per heavy atom. The zero-order chi connectivity index (χ0) is 12.6. The number of hydrogen-bond donors (Lipinski definition) is 1. The molecule has 0 saturated heterocycles. The monoisotopic (exact) mass is 249 g/mol. The Bertz CT molecular complexity index is 355. The summed E-state index contributed by atoms with van der Waals surface area (Å²) in [6.07, 6.45) is 6.40. The summed E-state index contributed by atoms with van der Waals surface area (Å²) >= 11 is 1.82. The second-order valence-electron chi connectivity index (χ2n) is 3.93. The summed E-state index contributed by atoms with van der Waals surface area (Å²) in [4.78, 5) is 5.23. The number of pyridine rings is 1. The maximum atomic E-state index is 9.17. The lowest BCUT2D eigenvalue weighted by atomic mass is 9.93. The van der Waals surface area contributed by atoms with Crippen molar-refractivity contribution in [2.75, 3.05) is 12.8 Å². The van der Waals surface area contributed by atoms with Crippen molar-refractivity contribution >= 4 is 11.8 Å². The first-order chi connectivity index (χ1) is 8.26. The molecule has 0 aliphatic heterocycles. The quantitative estimate of drug-likeness (QED) is 0.596. The Balaban J connectivity index is 2.31. The fourth-order valence-corrected chi connectivity index (χ4v) is 2.51. The van der Waals surface area contributed by atoms with Crippen LogP contribution < -0.4 is 5.32 Å². The Hall–Kier alpha value is -1.05. The van der Waals surface area contributed by atoms with E-state index in [9.17, 15) is 0 Å². The molecule has 0 radical (unpaired) electrons. The van der Waals surface area contributed by atoms with E-state index in [-0.39, 0.29) is 5.54 Å². The van der Waals surface area contributed by atoms with Crippen molar-refractivity contribution in [2.24, 2.45) is 0 Å². The number of aromatic nitrogens is 1. The van der Waals surface area contributed by atoms with Gasteiger partial charge >= 0.3 is 0 Å². The van der Waals surface area contributed by atoms with E-state index in [4.69, 9.17) is 5.26 Å². The van der Waals surface area contributed by atoms with Crippen LogP contribution in [0, 0.1) is 11.3 Å². The fourth-order valence-electron chi connectivity index (χ4n) is 1.67. The van der Waals surface area contributed by atoms with Gasteiger partial charge in [0.2, 0.25) is 0 Å². The molecule has 1 unspecified atom stereocenters. The van der Waals surface area contributed by atoms with Gasteiger partial charge in [0.25, 0.3) is 0 Å². The Morgan fingerprint density at radius 1 is 1.47 bits per heavy atom. The molecule has 1 aromatic heterocycles. The summed E-state index contributed by atoms with van der Waals surface area (Å²) in [6.45, 7) is 2.05. The number of nitriles is 1. The minimum atomic E-state index is -0.348. The molecule has 0 aliphatic carbocycles. The molecule has 3 nitrogen and oxygen atoms in total. The van der Waals surface area contributed by atoms with Crippen LogP contribution in [0.4, 0.5) is 0 Å². The molecule has 92 valence electrons. The van der Waals surface area contributed by atoms with Gasteiger partial charge in [0, 0.05) is 17.3 Å². The van der Waals surface area contributed by atoms with Crippen molar-refractivity contribution in [2.45, 2.75) is 36.6 Å². The van der Waals surface area contributed by atoms with Gasteiger partial charge in [0.15, 0.2) is 0 Å². The minimum absolute atomic E-state index is 0.348. The first kappa shape index (κ1) is 14.0. The van der Waals surface area contributed by atoms with Gasteiger partial charge in [-0.2, -0.15) is 5.26 Å². The fraction of sp³-hybridized carbons (Fsp3) is 0.538. The maximum Gasteiger partial charge on any atom is 0.106 e. The van der Waals surface area contributed by atoms with Crippen LogP contribution in [0.3, 0.4) is 0 Å². The average Bonchev–Trinajstić information content (AvgIpc) is 2.41. The van der Waals surface area contributed by atoms with E-state index in [1.165, 1.54) is 4.90 Å². The molecule has 1 atom stereocenters. The second-order valence-corrected chi connectivity index (χ2v) is 5.10. The third-order valence-electron chi connectivity index (χ3n) is 2.96. The molecule has 0 bridgehead atoms. The zero-order valence-electron chi connectivity index (χ0n) is 10.4. The van der Waals surface area contributed by atoms with Gasteiger partial charge in [-0.15, -0.1) is 11.8 Å². The largest absolute Gasteiger partial charge is 0.302 e. The summed E-state index contributed by atoms with van der Waals surface area (Å²) in [6, 6.07) is 6.41. The molecule has 1 N–H and O–H groups in total. The van der Waals surface area contributed by atoms with Crippen molar-refractivity contribution < 1.29 is 0 Å². The Morgan fingerprint density at radius 2 is 2.18 bits per heavy atom. The van der Waals surface area contributed by atoms with Crippen molar-refractivity contribution in [1.82, 2.24) is 10.3 Å². The summed E-state index contributed by atoms with van der Waals surface area (Å²) < 4.78 is 0. The number of hydrogen-bond acceptors (Lipinski definition) is 4. The molecule has 4 heteroatoms. The predicted molar refractivity (Wildman–Crippen MR) is 71.9 cm³/mol. The van der Waals surface area contributed by atoms with E-state index in [0.29, 0.717) is 0 Å². The molecule has 0 amide bonds. The smallest absolute Gasteiger partial charge is 0.106 e. The van der Waals surface area contributed by atoms with Gasteiger partial charge in [0.05, 0.1) is 6.07 Å². The molecule has 1 heterocycles. The van der Waals surface area contributed by atoms with Crippen LogP contribution in [0.5, 0.6) is 0 Å². The number of rotatable bonds is 7. The van der Waals surface area contributed by atoms with E-state index in [1.807, 2.05) is 43.3 Å². The molecule has 0 aliphatic rings. The zero-order valence-corrected chi connectivity index (χ0v) is 11.3. The van der Waals surface area contributed by atoms with Gasteiger partial charge in [0.1, 0.15) is 5.54 Å². The summed E-state index contributed by atoms with van der Waals surface area (Å²) in [7, 11) is 1.86. The van der Waals surface area contributed by atoms with Crippen molar-refractivity contribution in [3.05, 3.63) is 24.5 Å². The number of nitrogens with one attached hydrogen (secondary N) is 1. The molecular weight excluding hydrogens is 230 g/mol. The topological polar surface area (TPSA) is 48.7 Å². The van der Waals surface area contributed by atoms with Crippen LogP contribution in [0.15, 0.2) is 29.4 Å². The SMILES string of the molecule is CCC(C#N)(CCCSc1ccncc1)NC. The first-order valence-corrected chi connectivity index (χ1v) is 6.88. The Labute approximate surface area is 108 Å². The average molecular weight is 249 g/mol. The standard InChI is InChI=1S/C13H19N3S/c1-3-13(11-14,15-2)7-4-10-17-12-5-8-16-9-6-12/h5-6,8-9,15H,3-4,7,10H2,1-2H3. The van der Waals surface area contributed by atoms with Crippen LogP contribution in [-0.2, 0) is 0 Å². The molecule has 0 aromatic carbocycles. The lowest BCUT2D eigenvalue weighted by Gasteiger charge is -2.24. The third-order valence-corrected chi connectivity index (χ3v) is 4.06. The van der Waals surface area contributed by atoms with E-state index >= 15 is 0 Å². The number of thioether (sulfide) groups is 1. The normalized spacial score (nSPS) is 13.9. The summed E-state index contributed by atoms with van der Waals surface area (Å²) in [5, 5.41) is 12.3. The van der Waals surface area contributed by atoms with E-state index in [0.717, 1.165) is 25.0 Å². The molecule has 0 fully saturated rings. The highest BCUT2D eigenvalue weighted by Crippen LogP contribution is 2.21. The van der Waals surface area contributed by atoms with Crippen LogP contribution >= 0.6 is 11.8 Å². The first-order valence-electron chi connectivity index (χ1n) is 5.89. The van der Waals surface area contributed by atoms with Crippen LogP contribution in [-0.4, -0.2) is 23.3 Å². The number of nitrogens with zero attached hydrogens (tertiary/aromatic N) is 2. The summed E-state index contributed by atoms with van der Waals surface area (Å²) in [5.74, 6) is 1.04. The lowest BCUT2D eigenvalue weighted by molar-refractivity contribution is 0.400. The lowest BCUT2D eigenvalue weighted by Crippen LogP contribution is -2.40. The minimum Gasteiger partial charge on any atom is -0.302 e. The highest BCUT2D eigenvalue weighted by atomic mass is 32.2. The molecule has 1 aromatic rings. The highest BCUT2D eigenvalue weighted by molar-refractivity contribution is 7.99. The van der Waals surface area contributed by atoms with Crippen LogP contribution in [0.2, 0.25) is 0 Å². The molecule has 0 spiro atoms. The van der Waals surface area contributed by atoms with E-state index in [1.54, 1.807) is 0 Å². The maximum absolute atomic E-state index is 9.17.